The van der Waals surface area contributed by atoms with Gasteiger partial charge in [-0.15, -0.1) is 0 Å². The second-order valence-corrected chi connectivity index (χ2v) is 3.41. The molecule has 0 aromatic heterocycles. The molecule has 0 radical (unpaired) electrons. The number of halogens is 1. The van der Waals surface area contributed by atoms with E-state index in [2.05, 4.69) is 22.6 Å². The molecule has 0 aliphatic carbocycles. The van der Waals surface area contributed by atoms with Crippen LogP contribution in [0.15, 0.2) is 0 Å². The lowest BCUT2D eigenvalue weighted by molar-refractivity contribution is -0.134. The Bertz CT molecular complexity index is 90.6. The van der Waals surface area contributed by atoms with Gasteiger partial charge in [0, 0.05) is 6.92 Å². The number of aliphatic hydroxyl groups excluding tert-OH is 1. The molecule has 2 N–H and O–H groups in total. The molecule has 0 saturated heterocycles. The molecule has 11 heavy (non-hydrogen) atoms. The molecule has 0 saturated carbocycles. The highest BCUT2D eigenvalue weighted by atomic mass is 127. The van der Waals surface area contributed by atoms with E-state index in [1.165, 1.54) is 0 Å². The Hall–Kier alpha value is 0.120. The fourth-order valence-electron chi connectivity index (χ4n) is 0.215. The molecule has 0 aliphatic rings. The minimum Gasteiger partial charge on any atom is -0.481 e. The Balaban J connectivity index is 0. The summed E-state index contributed by atoms with van der Waals surface area (Å²) < 4.78 is 5.14. The third-order valence-electron chi connectivity index (χ3n) is 0.439. The number of hydrogen-bond donors (Lipinski definition) is 2. The van der Waals surface area contributed by atoms with Crippen LogP contribution in [0.3, 0.4) is 0 Å². The van der Waals surface area contributed by atoms with Gasteiger partial charge in [-0.25, -0.2) is 0 Å². The molecular weight excluding hydrogens is 263 g/mol. The van der Waals surface area contributed by atoms with Crippen LogP contribution in [-0.2, 0) is 9.53 Å². The first kappa shape index (κ1) is 13.7. The summed E-state index contributed by atoms with van der Waals surface area (Å²) >= 11 is 2.13. The number of rotatable bonds is 3. The Morgan fingerprint density at radius 1 is 1.73 bits per heavy atom. The van der Waals surface area contributed by atoms with Crippen molar-refractivity contribution in [2.45, 2.75) is 18.0 Å². The van der Waals surface area contributed by atoms with Crippen molar-refractivity contribution in [3.63, 3.8) is 0 Å². The van der Waals surface area contributed by atoms with Gasteiger partial charge in [-0.05, 0) is 6.92 Å². The molecule has 0 rings (SSSR count). The predicted molar refractivity (Wildman–Crippen MR) is 49.8 cm³/mol. The number of aliphatic hydroxyl groups is 1. The van der Waals surface area contributed by atoms with E-state index in [4.69, 9.17) is 19.7 Å². The Morgan fingerprint density at radius 2 is 2.09 bits per heavy atom. The number of aliphatic carboxylic acids is 1. The van der Waals surface area contributed by atoms with Crippen molar-refractivity contribution in [3.05, 3.63) is 0 Å². The Morgan fingerprint density at radius 3 is 2.18 bits per heavy atom. The van der Waals surface area contributed by atoms with Gasteiger partial charge in [0.1, 0.15) is 4.11 Å². The van der Waals surface area contributed by atoms with Crippen molar-refractivity contribution in [1.29, 1.82) is 0 Å². The van der Waals surface area contributed by atoms with Crippen molar-refractivity contribution >= 4 is 28.6 Å². The highest BCUT2D eigenvalue weighted by Crippen LogP contribution is 1.97. The van der Waals surface area contributed by atoms with Crippen molar-refractivity contribution in [2.24, 2.45) is 0 Å². The highest BCUT2D eigenvalue weighted by molar-refractivity contribution is 14.1. The largest absolute Gasteiger partial charge is 0.481 e. The quantitative estimate of drug-likeness (QED) is 0.593. The van der Waals surface area contributed by atoms with Crippen LogP contribution in [0.4, 0.5) is 0 Å². The normalized spacial score (nSPS) is 11.3. The summed E-state index contributed by atoms with van der Waals surface area (Å²) in [5.41, 5.74) is 0. The maximum absolute atomic E-state index is 9.00. The van der Waals surface area contributed by atoms with Crippen LogP contribution >= 0.6 is 22.6 Å². The summed E-state index contributed by atoms with van der Waals surface area (Å²) in [4.78, 5) is 9.00. The molecule has 0 aliphatic heterocycles. The topological polar surface area (TPSA) is 66.8 Å². The van der Waals surface area contributed by atoms with E-state index >= 15 is 0 Å². The first-order valence-corrected chi connectivity index (χ1v) is 4.31. The SMILES string of the molecule is CC(=O)O.CC(I)OCCO. The number of carboxylic acid groups (broad SMARTS) is 1. The molecule has 0 aromatic rings. The lowest BCUT2D eigenvalue weighted by Crippen LogP contribution is -2.03. The molecule has 0 amide bonds. The second-order valence-electron chi connectivity index (χ2n) is 1.66. The van der Waals surface area contributed by atoms with Gasteiger partial charge < -0.3 is 14.9 Å². The third-order valence-corrected chi connectivity index (χ3v) is 0.798. The number of hydrogen-bond acceptors (Lipinski definition) is 3. The average Bonchev–Trinajstić information content (AvgIpc) is 1.82. The van der Waals surface area contributed by atoms with Crippen molar-refractivity contribution in [2.75, 3.05) is 13.2 Å². The van der Waals surface area contributed by atoms with E-state index in [-0.39, 0.29) is 10.7 Å². The molecule has 1 atom stereocenters. The Labute approximate surface area is 79.7 Å². The molecule has 0 heterocycles. The van der Waals surface area contributed by atoms with Crippen molar-refractivity contribution in [1.82, 2.24) is 0 Å². The summed E-state index contributed by atoms with van der Waals surface area (Å²) in [7, 11) is 0. The molecule has 5 heteroatoms. The summed E-state index contributed by atoms with van der Waals surface area (Å²) in [5, 5.41) is 15.6. The van der Waals surface area contributed by atoms with Crippen molar-refractivity contribution < 1.29 is 19.7 Å². The third kappa shape index (κ3) is 39.3. The fraction of sp³-hybridized carbons (Fsp3) is 0.833. The van der Waals surface area contributed by atoms with Crippen molar-refractivity contribution in [3.8, 4) is 0 Å². The smallest absolute Gasteiger partial charge is 0.300 e. The summed E-state index contributed by atoms with van der Waals surface area (Å²) in [6.45, 7) is 3.58. The molecular formula is C6H13IO4. The molecule has 0 spiro atoms. The summed E-state index contributed by atoms with van der Waals surface area (Å²) in [5.74, 6) is -0.833. The van der Waals surface area contributed by atoms with E-state index in [9.17, 15) is 0 Å². The minimum atomic E-state index is -0.833. The zero-order valence-electron chi connectivity index (χ0n) is 6.58. The number of carbonyl (C=O) groups is 1. The van der Waals surface area contributed by atoms with Crippen LogP contribution < -0.4 is 0 Å². The van der Waals surface area contributed by atoms with E-state index in [0.717, 1.165) is 6.92 Å². The summed E-state index contributed by atoms with van der Waals surface area (Å²) in [6.07, 6.45) is 0. The molecule has 1 unspecified atom stereocenters. The summed E-state index contributed by atoms with van der Waals surface area (Å²) in [6, 6.07) is 0. The van der Waals surface area contributed by atoms with Gasteiger partial charge in [0.15, 0.2) is 0 Å². The van der Waals surface area contributed by atoms with Crippen LogP contribution in [0.5, 0.6) is 0 Å². The second kappa shape index (κ2) is 10.1. The van der Waals surface area contributed by atoms with E-state index in [1.54, 1.807) is 0 Å². The van der Waals surface area contributed by atoms with Crippen LogP contribution in [0, 0.1) is 0 Å². The molecule has 4 nitrogen and oxygen atoms in total. The van der Waals surface area contributed by atoms with Gasteiger partial charge in [0.05, 0.1) is 13.2 Å². The standard InChI is InChI=1S/C4H9IO2.C2H4O2/c1-4(5)7-3-2-6;1-2(3)4/h4,6H,2-3H2,1H3;1H3,(H,3,4). The van der Waals surface area contributed by atoms with Gasteiger partial charge in [0.2, 0.25) is 0 Å². The lowest BCUT2D eigenvalue weighted by atomic mass is 10.8. The average molecular weight is 276 g/mol. The van der Waals surface area contributed by atoms with Gasteiger partial charge in [0.25, 0.3) is 5.97 Å². The van der Waals surface area contributed by atoms with Crippen LogP contribution in [-0.4, -0.2) is 33.5 Å². The number of ether oxygens (including phenoxy) is 1. The van der Waals surface area contributed by atoms with Gasteiger partial charge in [-0.2, -0.15) is 0 Å². The molecule has 0 fully saturated rings. The van der Waals surface area contributed by atoms with Crippen LogP contribution in [0.2, 0.25) is 0 Å². The first-order valence-electron chi connectivity index (χ1n) is 3.06. The van der Waals surface area contributed by atoms with Gasteiger partial charge in [-0.3, -0.25) is 4.79 Å². The fourth-order valence-corrected chi connectivity index (χ4v) is 0.469. The van der Waals surface area contributed by atoms with E-state index in [1.807, 2.05) is 6.92 Å². The van der Waals surface area contributed by atoms with Gasteiger partial charge >= 0.3 is 0 Å². The Kier molecular flexibility index (Phi) is 12.6. The monoisotopic (exact) mass is 276 g/mol. The molecule has 0 aromatic carbocycles. The van der Waals surface area contributed by atoms with E-state index < -0.39 is 5.97 Å². The van der Waals surface area contributed by atoms with Crippen LogP contribution in [0.1, 0.15) is 13.8 Å². The number of alkyl halides is 1. The molecule has 68 valence electrons. The first-order chi connectivity index (χ1) is 5.00. The number of carboxylic acids is 1. The van der Waals surface area contributed by atoms with Crippen LogP contribution in [0.25, 0.3) is 0 Å². The maximum Gasteiger partial charge on any atom is 0.300 e. The highest BCUT2D eigenvalue weighted by Gasteiger charge is 1.89. The molecule has 0 bridgehead atoms. The lowest BCUT2D eigenvalue weighted by Gasteiger charge is -2.00. The van der Waals surface area contributed by atoms with Gasteiger partial charge in [-0.1, -0.05) is 22.6 Å². The predicted octanol–water partition coefficient (Wildman–Crippen LogP) is 0.867. The maximum atomic E-state index is 9.00. The zero-order valence-corrected chi connectivity index (χ0v) is 8.74. The zero-order chi connectivity index (χ0) is 9.28. The minimum absolute atomic E-state index is 0.118. The van der Waals surface area contributed by atoms with E-state index in [0.29, 0.717) is 6.61 Å².